The van der Waals surface area contributed by atoms with Crippen LogP contribution < -0.4 is 10.0 Å². The molecule has 1 amide bonds. The number of hydrogen-bond acceptors (Lipinski definition) is 3. The molecule has 0 radical (unpaired) electrons. The summed E-state index contributed by atoms with van der Waals surface area (Å²) in [5.74, 6) is -0.525. The van der Waals surface area contributed by atoms with Crippen molar-refractivity contribution in [1.82, 2.24) is 4.72 Å². The fourth-order valence-corrected chi connectivity index (χ4v) is 3.58. The third kappa shape index (κ3) is 4.94. The first-order valence-corrected chi connectivity index (χ1v) is 8.86. The van der Waals surface area contributed by atoms with Gasteiger partial charge in [0.2, 0.25) is 15.9 Å². The average Bonchev–Trinajstić information content (AvgIpc) is 2.46. The highest BCUT2D eigenvalue weighted by atomic mass is 35.5. The smallest absolute Gasteiger partial charge is 0.242 e. The van der Waals surface area contributed by atoms with Gasteiger partial charge in [-0.1, -0.05) is 41.4 Å². The molecule has 122 valence electrons. The van der Waals surface area contributed by atoms with Crippen LogP contribution in [-0.4, -0.2) is 20.4 Å². The number of carbonyl (C=O) groups excluding carboxylic acids is 1. The number of halogens is 2. The van der Waals surface area contributed by atoms with E-state index in [1.807, 2.05) is 0 Å². The topological polar surface area (TPSA) is 75.3 Å². The molecule has 0 saturated carbocycles. The first-order chi connectivity index (χ1) is 10.8. The molecule has 2 N–H and O–H groups in total. The van der Waals surface area contributed by atoms with Gasteiger partial charge in [0.1, 0.15) is 0 Å². The molecule has 0 aliphatic heterocycles. The molecule has 0 saturated heterocycles. The second-order valence-corrected chi connectivity index (χ2v) is 7.39. The second-order valence-electron chi connectivity index (χ2n) is 4.80. The molecule has 2 rings (SSSR count). The van der Waals surface area contributed by atoms with Crippen molar-refractivity contribution in [1.29, 1.82) is 0 Å². The summed E-state index contributed by atoms with van der Waals surface area (Å²) in [7, 11) is -3.78. The zero-order valence-corrected chi connectivity index (χ0v) is 14.4. The molecule has 0 heterocycles. The molecule has 0 aromatic heterocycles. The van der Waals surface area contributed by atoms with E-state index in [0.717, 1.165) is 0 Å². The van der Waals surface area contributed by atoms with Crippen LogP contribution in [0.4, 0.5) is 5.69 Å². The van der Waals surface area contributed by atoms with E-state index < -0.39 is 22.0 Å². The van der Waals surface area contributed by atoms with Gasteiger partial charge in [-0.3, -0.25) is 4.79 Å². The first-order valence-electron chi connectivity index (χ1n) is 6.62. The summed E-state index contributed by atoms with van der Waals surface area (Å²) in [6.07, 6.45) is 0. The molecule has 0 unspecified atom stereocenters. The Morgan fingerprint density at radius 3 is 2.17 bits per heavy atom. The highest BCUT2D eigenvalue weighted by molar-refractivity contribution is 7.89. The van der Waals surface area contributed by atoms with Crippen LogP contribution in [0, 0.1) is 0 Å². The summed E-state index contributed by atoms with van der Waals surface area (Å²) in [5.41, 5.74) is 0.387. The van der Waals surface area contributed by atoms with E-state index in [0.29, 0.717) is 15.7 Å². The third-order valence-corrected chi connectivity index (χ3v) is 4.90. The Bertz CT molecular complexity index is 790. The lowest BCUT2D eigenvalue weighted by Gasteiger charge is -2.14. The summed E-state index contributed by atoms with van der Waals surface area (Å²) < 4.78 is 26.7. The SMILES string of the molecule is C[C@H](NS(=O)(=O)c1ccccc1)C(=O)Nc1cc(Cl)cc(Cl)c1. The van der Waals surface area contributed by atoms with Gasteiger partial charge >= 0.3 is 0 Å². The van der Waals surface area contributed by atoms with Gasteiger partial charge in [0.05, 0.1) is 10.9 Å². The number of sulfonamides is 1. The Kier molecular flexibility index (Phi) is 5.64. The van der Waals surface area contributed by atoms with Crippen LogP contribution in [0.3, 0.4) is 0 Å². The van der Waals surface area contributed by atoms with Gasteiger partial charge in [-0.05, 0) is 37.3 Å². The summed E-state index contributed by atoms with van der Waals surface area (Å²) >= 11 is 11.7. The summed E-state index contributed by atoms with van der Waals surface area (Å²) in [5, 5.41) is 3.29. The molecular formula is C15H14Cl2N2O3S. The molecule has 0 aliphatic carbocycles. The molecule has 0 fully saturated rings. The highest BCUT2D eigenvalue weighted by Gasteiger charge is 2.22. The second kappa shape index (κ2) is 7.31. The van der Waals surface area contributed by atoms with E-state index in [-0.39, 0.29) is 4.90 Å². The molecule has 2 aromatic carbocycles. The van der Waals surface area contributed by atoms with E-state index in [4.69, 9.17) is 23.2 Å². The fraction of sp³-hybridized carbons (Fsp3) is 0.133. The van der Waals surface area contributed by atoms with Crippen LogP contribution in [0.1, 0.15) is 6.92 Å². The van der Waals surface area contributed by atoms with E-state index in [1.165, 1.54) is 37.3 Å². The van der Waals surface area contributed by atoms with Crippen LogP contribution in [0.25, 0.3) is 0 Å². The van der Waals surface area contributed by atoms with E-state index >= 15 is 0 Å². The zero-order valence-electron chi connectivity index (χ0n) is 12.1. The number of nitrogens with one attached hydrogen (secondary N) is 2. The number of anilines is 1. The molecule has 2 aromatic rings. The van der Waals surface area contributed by atoms with Crippen molar-refractivity contribution in [3.63, 3.8) is 0 Å². The minimum Gasteiger partial charge on any atom is -0.325 e. The van der Waals surface area contributed by atoms with Crippen molar-refractivity contribution in [3.05, 3.63) is 58.6 Å². The van der Waals surface area contributed by atoms with Gasteiger partial charge in [-0.15, -0.1) is 0 Å². The monoisotopic (exact) mass is 372 g/mol. The molecular weight excluding hydrogens is 359 g/mol. The van der Waals surface area contributed by atoms with Crippen molar-refractivity contribution in [2.75, 3.05) is 5.32 Å². The lowest BCUT2D eigenvalue weighted by Crippen LogP contribution is -2.41. The van der Waals surface area contributed by atoms with Crippen LogP contribution in [-0.2, 0) is 14.8 Å². The van der Waals surface area contributed by atoms with Gasteiger partial charge in [0.25, 0.3) is 0 Å². The Balaban J connectivity index is 2.08. The number of carbonyl (C=O) groups is 1. The third-order valence-electron chi connectivity index (χ3n) is 2.91. The largest absolute Gasteiger partial charge is 0.325 e. The molecule has 1 atom stereocenters. The zero-order chi connectivity index (χ0) is 17.0. The van der Waals surface area contributed by atoms with Crippen molar-refractivity contribution < 1.29 is 13.2 Å². The van der Waals surface area contributed by atoms with E-state index in [2.05, 4.69) is 10.0 Å². The van der Waals surface area contributed by atoms with Crippen LogP contribution >= 0.6 is 23.2 Å². The number of rotatable bonds is 5. The summed E-state index contributed by atoms with van der Waals surface area (Å²) in [4.78, 5) is 12.2. The van der Waals surface area contributed by atoms with Gasteiger partial charge in [0.15, 0.2) is 0 Å². The minimum atomic E-state index is -3.78. The Morgan fingerprint density at radius 2 is 1.61 bits per heavy atom. The highest BCUT2D eigenvalue weighted by Crippen LogP contribution is 2.22. The van der Waals surface area contributed by atoms with Gasteiger partial charge in [-0.2, -0.15) is 4.72 Å². The molecule has 0 aliphatic rings. The quantitative estimate of drug-likeness (QED) is 0.845. The standard InChI is InChI=1S/C15H14Cl2N2O3S/c1-10(19-23(21,22)14-5-3-2-4-6-14)15(20)18-13-8-11(16)7-12(17)9-13/h2-10,19H,1H3,(H,18,20)/t10-/m0/s1. The first kappa shape index (κ1) is 17.7. The van der Waals surface area contributed by atoms with Crippen molar-refractivity contribution in [3.8, 4) is 0 Å². The molecule has 23 heavy (non-hydrogen) atoms. The van der Waals surface area contributed by atoms with Gasteiger partial charge in [-0.25, -0.2) is 8.42 Å². The average molecular weight is 373 g/mol. The maximum atomic E-state index is 12.2. The van der Waals surface area contributed by atoms with Gasteiger partial charge < -0.3 is 5.32 Å². The summed E-state index contributed by atoms with van der Waals surface area (Å²) in [6.45, 7) is 1.45. The summed E-state index contributed by atoms with van der Waals surface area (Å²) in [6, 6.07) is 11.4. The van der Waals surface area contributed by atoms with Crippen molar-refractivity contribution >= 4 is 44.8 Å². The number of benzene rings is 2. The van der Waals surface area contributed by atoms with Crippen LogP contribution in [0.15, 0.2) is 53.4 Å². The minimum absolute atomic E-state index is 0.0884. The Hall–Kier alpha value is -1.60. The normalized spacial score (nSPS) is 12.7. The van der Waals surface area contributed by atoms with Gasteiger partial charge in [0, 0.05) is 15.7 Å². The number of amides is 1. The Labute approximate surface area is 144 Å². The molecule has 0 spiro atoms. The molecule has 0 bridgehead atoms. The van der Waals surface area contributed by atoms with Crippen molar-refractivity contribution in [2.24, 2.45) is 0 Å². The maximum absolute atomic E-state index is 12.2. The molecule has 8 heteroatoms. The lowest BCUT2D eigenvalue weighted by molar-refractivity contribution is -0.117. The van der Waals surface area contributed by atoms with Crippen molar-refractivity contribution in [2.45, 2.75) is 17.9 Å². The number of hydrogen-bond donors (Lipinski definition) is 2. The van der Waals surface area contributed by atoms with Crippen LogP contribution in [0.2, 0.25) is 10.0 Å². The predicted molar refractivity (Wildman–Crippen MR) is 91.3 cm³/mol. The lowest BCUT2D eigenvalue weighted by atomic mass is 10.3. The van der Waals surface area contributed by atoms with E-state index in [9.17, 15) is 13.2 Å². The van der Waals surface area contributed by atoms with Crippen LogP contribution in [0.5, 0.6) is 0 Å². The maximum Gasteiger partial charge on any atom is 0.242 e. The predicted octanol–water partition coefficient (Wildman–Crippen LogP) is 3.30. The fourth-order valence-electron chi connectivity index (χ4n) is 1.83. The molecule has 5 nitrogen and oxygen atoms in total. The van der Waals surface area contributed by atoms with E-state index in [1.54, 1.807) is 18.2 Å². The Morgan fingerprint density at radius 1 is 1.04 bits per heavy atom.